The van der Waals surface area contributed by atoms with Gasteiger partial charge < -0.3 is 65.6 Å². The van der Waals surface area contributed by atoms with Gasteiger partial charge in [0.05, 0.1) is 38.5 Å². The van der Waals surface area contributed by atoms with Gasteiger partial charge in [0.25, 0.3) is 0 Å². The summed E-state index contributed by atoms with van der Waals surface area (Å²) >= 11 is 0. The Bertz CT molecular complexity index is 1030. The van der Waals surface area contributed by atoms with E-state index in [1.807, 2.05) is 0 Å². The topological polar surface area (TPSA) is 397 Å². The van der Waals surface area contributed by atoms with Gasteiger partial charge in [-0.2, -0.15) is 0 Å². The first-order valence-electron chi connectivity index (χ1n) is 9.44. The van der Waals surface area contributed by atoms with Crippen LogP contribution in [0.4, 0.5) is 0 Å². The van der Waals surface area contributed by atoms with Crippen LogP contribution >= 0.6 is 0 Å². The van der Waals surface area contributed by atoms with Crippen LogP contribution in [0.3, 0.4) is 0 Å². The molecule has 0 aromatic carbocycles. The number of aliphatic hydroxyl groups is 1. The summed E-state index contributed by atoms with van der Waals surface area (Å²) in [5.41, 5.74) is -10.2. The molecule has 0 amide bonds. The molecule has 0 heterocycles. The molecule has 12 N–H and O–H groups in total. The molecule has 0 bridgehead atoms. The predicted octanol–water partition coefficient (Wildman–Crippen LogP) is -13.1. The number of rotatable bonds is 17. The predicted molar refractivity (Wildman–Crippen MR) is 114 cm³/mol. The van der Waals surface area contributed by atoms with Gasteiger partial charge >= 0.3 is 142 Å². The molecular weight excluding hydrogens is 621 g/mol. The summed E-state index contributed by atoms with van der Waals surface area (Å²) in [5.74, 6) is -19.1. The molecule has 0 aliphatic heterocycles. The normalized spacial score (nSPS) is 12.5. The van der Waals surface area contributed by atoms with Gasteiger partial charge in [0.2, 0.25) is 11.2 Å². The number of esters is 2. The van der Waals surface area contributed by atoms with Crippen molar-refractivity contribution in [1.29, 1.82) is 0 Å². The molecule has 0 aromatic rings. The van der Waals surface area contributed by atoms with Gasteiger partial charge in [0, 0.05) is 0 Å². The van der Waals surface area contributed by atoms with E-state index in [0.29, 0.717) is 0 Å². The minimum absolute atomic E-state index is 0. The third kappa shape index (κ3) is 16.7. The maximum Gasteiger partial charge on any atom is 1.00 e. The molecule has 2 unspecified atom stereocenters. The van der Waals surface area contributed by atoms with Gasteiger partial charge in [-0.05, 0) is 0 Å². The van der Waals surface area contributed by atoms with Crippen molar-refractivity contribution in [2.24, 2.45) is 0 Å². The second-order valence-corrected chi connectivity index (χ2v) is 7.52. The summed E-state index contributed by atoms with van der Waals surface area (Å²) in [6, 6.07) is 0. The molecule has 42 heavy (non-hydrogen) atoms. The molecule has 0 aromatic heterocycles. The third-order valence-electron chi connectivity index (χ3n) is 4.42. The van der Waals surface area contributed by atoms with E-state index >= 15 is 0 Å². The summed E-state index contributed by atoms with van der Waals surface area (Å²) in [6.45, 7) is 0. The Morgan fingerprint density at radius 2 is 0.714 bits per heavy atom. The van der Waals surface area contributed by atoms with Crippen LogP contribution in [-0.2, 0) is 52.6 Å². The van der Waals surface area contributed by atoms with Gasteiger partial charge in [0.1, 0.15) is 0 Å². The summed E-state index contributed by atoms with van der Waals surface area (Å²) < 4.78 is 8.84. The number of hydrogen-bond acceptors (Lipinski definition) is 12. The van der Waals surface area contributed by atoms with E-state index < -0.39 is 109 Å². The van der Waals surface area contributed by atoms with E-state index in [-0.39, 0.29) is 104 Å². The van der Waals surface area contributed by atoms with Gasteiger partial charge in [-0.3, -0.25) is 28.8 Å². The van der Waals surface area contributed by atoms with Crippen molar-refractivity contribution in [2.45, 2.75) is 55.3 Å². The zero-order valence-corrected chi connectivity index (χ0v) is 28.3. The van der Waals surface area contributed by atoms with Gasteiger partial charge in [0.15, 0.2) is 5.60 Å². The van der Waals surface area contributed by atoms with E-state index in [1.165, 1.54) is 0 Å². The molecule has 0 radical (unpaired) electrons. The molecular formula is C18H27Na3O21. The van der Waals surface area contributed by atoms with Crippen LogP contribution < -0.4 is 88.7 Å². The fraction of sp³-hybridized carbons (Fsp3) is 0.500. The monoisotopic (exact) mass is 648 g/mol. The molecule has 21 nitrogen and oxygen atoms in total. The molecule has 0 aliphatic rings. The van der Waals surface area contributed by atoms with Gasteiger partial charge in [-0.15, -0.1) is 0 Å². The Kier molecular flexibility index (Phi) is 27.3. The quantitative estimate of drug-likeness (QED) is 0.0536. The number of hydrogen-bond donors (Lipinski definition) is 8. The first-order chi connectivity index (χ1) is 16.7. The van der Waals surface area contributed by atoms with Crippen LogP contribution in [0.1, 0.15) is 42.8 Å². The Morgan fingerprint density at radius 1 is 0.452 bits per heavy atom. The zero-order valence-electron chi connectivity index (χ0n) is 25.3. The van der Waals surface area contributed by atoms with Crippen molar-refractivity contribution < 1.29 is 197 Å². The van der Waals surface area contributed by atoms with Crippen molar-refractivity contribution in [2.75, 3.05) is 0 Å². The van der Waals surface area contributed by atoms with Crippen LogP contribution in [0.15, 0.2) is 0 Å². The second kappa shape index (κ2) is 21.7. The largest absolute Gasteiger partial charge is 1.00 e. The van der Waals surface area contributed by atoms with E-state index in [9.17, 15) is 58.5 Å². The maximum atomic E-state index is 12.4. The number of ether oxygens (including phenoxy) is 2. The molecule has 2 atom stereocenters. The Labute approximate surface area is 304 Å². The molecule has 228 valence electrons. The van der Waals surface area contributed by atoms with Crippen LogP contribution in [0, 0.1) is 0 Å². The van der Waals surface area contributed by atoms with E-state index in [0.717, 1.165) is 0 Å². The van der Waals surface area contributed by atoms with Crippen molar-refractivity contribution in [3.05, 3.63) is 0 Å². The van der Waals surface area contributed by atoms with Crippen molar-refractivity contribution in [3.63, 3.8) is 0 Å². The Hall–Kier alpha value is -1.89. The average Bonchev–Trinajstić information content (AvgIpc) is 2.64. The SMILES string of the molecule is O.O.O=C(O)CC(O)(CC(=O)OC(CC(=O)O)(CC(=O)OC(CC(=O)O)(CC(=O)O)C(=O)O)C(=O)O)C(=O)O.[H-].[H-].[H-].[Na+].[Na+].[Na+]. The van der Waals surface area contributed by atoms with Crippen molar-refractivity contribution in [3.8, 4) is 0 Å². The van der Waals surface area contributed by atoms with Crippen molar-refractivity contribution >= 4 is 53.7 Å². The summed E-state index contributed by atoms with van der Waals surface area (Å²) in [4.78, 5) is 103. The zero-order chi connectivity index (χ0) is 29.4. The molecule has 0 aliphatic carbocycles. The van der Waals surface area contributed by atoms with E-state index in [4.69, 9.17) is 25.5 Å². The minimum Gasteiger partial charge on any atom is -1.00 e. The molecule has 0 rings (SSSR count). The number of carbonyl (C=O) groups excluding carboxylic acids is 2. The molecule has 0 saturated carbocycles. The van der Waals surface area contributed by atoms with Crippen LogP contribution in [0.5, 0.6) is 0 Å². The number of carboxylic acids is 7. The maximum absolute atomic E-state index is 12.4. The van der Waals surface area contributed by atoms with E-state index in [1.54, 1.807) is 0 Å². The Morgan fingerprint density at radius 3 is 0.952 bits per heavy atom. The fourth-order valence-electron chi connectivity index (χ4n) is 2.84. The van der Waals surface area contributed by atoms with Crippen LogP contribution in [-0.4, -0.2) is 122 Å². The molecule has 24 heteroatoms. The molecule has 0 saturated heterocycles. The molecule has 0 spiro atoms. The van der Waals surface area contributed by atoms with E-state index in [2.05, 4.69) is 9.47 Å². The summed E-state index contributed by atoms with van der Waals surface area (Å²) in [6.07, 6.45) is -10.3. The second-order valence-electron chi connectivity index (χ2n) is 7.52. The third-order valence-corrected chi connectivity index (χ3v) is 4.42. The fourth-order valence-corrected chi connectivity index (χ4v) is 2.84. The van der Waals surface area contributed by atoms with Gasteiger partial charge in [-0.25, -0.2) is 14.4 Å². The van der Waals surface area contributed by atoms with Crippen LogP contribution in [0.25, 0.3) is 0 Å². The number of aliphatic carboxylic acids is 7. The van der Waals surface area contributed by atoms with Crippen LogP contribution in [0.2, 0.25) is 0 Å². The number of carbonyl (C=O) groups is 9. The smallest absolute Gasteiger partial charge is 1.00 e. The first kappa shape index (κ1) is 52.7. The summed E-state index contributed by atoms with van der Waals surface area (Å²) in [5, 5.41) is 73.2. The van der Waals surface area contributed by atoms with Crippen molar-refractivity contribution in [1.82, 2.24) is 0 Å². The van der Waals surface area contributed by atoms with Gasteiger partial charge in [-0.1, -0.05) is 0 Å². The first-order valence-corrected chi connectivity index (χ1v) is 9.44. The average molecular weight is 648 g/mol. The minimum atomic E-state index is -3.50. The number of carboxylic acid groups (broad SMARTS) is 7. The standard InChI is InChI=1S/C18H20O19.3Na.2H2O.3H/c19-7(20)1-16(35,13(29)30)5-11(27)36-18(15(33)34,4-10(25)26)6-12(28)37-17(14(31)32,2-8(21)22)3-9(23)24;;;;;;;;/h35H,1-6H2,(H,19,20)(H,21,22)(H,23,24)(H,25,26)(H,29,30)(H,31,32)(H,33,34);;;;2*1H2;;;/q;3*+1;;;3*-1. The molecule has 0 fully saturated rings. The Balaban J connectivity index is -0.000000231. The summed E-state index contributed by atoms with van der Waals surface area (Å²) in [7, 11) is 0.